The fraction of sp³-hybridized carbons (Fsp3) is 0.639. The van der Waals surface area contributed by atoms with E-state index in [-0.39, 0.29) is 19.4 Å². The summed E-state index contributed by atoms with van der Waals surface area (Å²) in [5, 5.41) is 19.5. The smallest absolute Gasteiger partial charge is 0.429 e. The number of hydrazine groups is 1. The van der Waals surface area contributed by atoms with Gasteiger partial charge in [-0.3, -0.25) is 9.59 Å². The summed E-state index contributed by atoms with van der Waals surface area (Å²) >= 11 is 0. The largest absolute Gasteiger partial charge is 0.434 e. The Kier molecular flexibility index (Phi) is 14.3. The molecule has 0 bridgehead atoms. The van der Waals surface area contributed by atoms with Crippen molar-refractivity contribution < 1.29 is 29.0 Å². The summed E-state index contributed by atoms with van der Waals surface area (Å²) in [5.74, 6) is -0.143. The fourth-order valence-corrected chi connectivity index (χ4v) is 6.80. The van der Waals surface area contributed by atoms with Crippen LogP contribution in [0.4, 0.5) is 9.59 Å². The maximum atomic E-state index is 14.3. The molecule has 1 aliphatic carbocycles. The van der Waals surface area contributed by atoms with E-state index in [1.54, 1.807) is 6.20 Å². The van der Waals surface area contributed by atoms with E-state index in [2.05, 4.69) is 34.4 Å². The molecule has 2 fully saturated rings. The summed E-state index contributed by atoms with van der Waals surface area (Å²) in [6, 6.07) is 7.29. The first-order chi connectivity index (χ1) is 23.6. The number of benzene rings is 1. The highest BCUT2D eigenvalue weighted by Gasteiger charge is 2.38. The Labute approximate surface area is 290 Å². The van der Waals surface area contributed by atoms with Crippen LogP contribution in [0.15, 0.2) is 42.9 Å². The predicted molar refractivity (Wildman–Crippen MR) is 185 cm³/mol. The van der Waals surface area contributed by atoms with E-state index in [0.29, 0.717) is 43.3 Å². The van der Waals surface area contributed by atoms with Crippen molar-refractivity contribution in [3.05, 3.63) is 54.1 Å². The predicted octanol–water partition coefficient (Wildman–Crippen LogP) is 4.04. The molecule has 1 aliphatic heterocycles. The van der Waals surface area contributed by atoms with Gasteiger partial charge in [0.05, 0.1) is 18.5 Å². The topological polar surface area (TPSA) is 160 Å². The van der Waals surface area contributed by atoms with Gasteiger partial charge in [0.2, 0.25) is 5.91 Å². The van der Waals surface area contributed by atoms with Gasteiger partial charge in [0.25, 0.3) is 5.91 Å². The lowest BCUT2D eigenvalue weighted by Crippen LogP contribution is -2.56. The standard InChI is InChI=1S/C36H55N7O6/c1-25(2)16-17-31(44)29(20-26-12-7-5-8-13-26)40-33(45)30(22-28-23-38-24-39-28)41(4)34(46)32(21-27-14-9-6-10-15-27)49-36(48)43-19-11-18-42(43)35(47)37-3/h6,9-10,14-15,23-26,29-32,44H,5,7-8,11-13,16-22H2,1-4H3,(H,37,47)(H,38,39)(H,40,45)/t29-,30-,31-,32-/m0/s1. The Morgan fingerprint density at radius 3 is 2.39 bits per heavy atom. The van der Waals surface area contributed by atoms with Gasteiger partial charge in [-0.1, -0.05) is 76.3 Å². The van der Waals surface area contributed by atoms with Crippen LogP contribution >= 0.6 is 0 Å². The number of aromatic nitrogens is 2. The Balaban J connectivity index is 1.58. The van der Waals surface area contributed by atoms with Crippen LogP contribution in [0.3, 0.4) is 0 Å². The zero-order valence-electron chi connectivity index (χ0n) is 29.5. The zero-order chi connectivity index (χ0) is 35.3. The minimum Gasteiger partial charge on any atom is -0.434 e. The molecule has 2 heterocycles. The Bertz CT molecular complexity index is 1330. The van der Waals surface area contributed by atoms with Gasteiger partial charge in [0.1, 0.15) is 6.04 Å². The first kappa shape index (κ1) is 37.7. The summed E-state index contributed by atoms with van der Waals surface area (Å²) in [7, 11) is 3.02. The average molecular weight is 682 g/mol. The van der Waals surface area contributed by atoms with Gasteiger partial charge in [0, 0.05) is 51.9 Å². The quantitative estimate of drug-likeness (QED) is 0.221. The molecule has 1 saturated heterocycles. The number of urea groups is 1. The summed E-state index contributed by atoms with van der Waals surface area (Å²) in [6.45, 7) is 4.83. The van der Waals surface area contributed by atoms with Gasteiger partial charge in [-0.25, -0.2) is 24.6 Å². The van der Waals surface area contributed by atoms with Crippen LogP contribution in [0.25, 0.3) is 0 Å². The van der Waals surface area contributed by atoms with E-state index in [1.807, 2.05) is 30.3 Å². The molecule has 1 saturated carbocycles. The molecule has 1 aromatic carbocycles. The molecule has 2 aromatic rings. The highest BCUT2D eigenvalue weighted by atomic mass is 16.6. The van der Waals surface area contributed by atoms with E-state index in [9.17, 15) is 24.3 Å². The number of likely N-dealkylation sites (N-methyl/N-ethyl adjacent to an activating group) is 1. The Hall–Kier alpha value is -4.13. The van der Waals surface area contributed by atoms with Gasteiger partial charge < -0.3 is 30.4 Å². The first-order valence-corrected chi connectivity index (χ1v) is 17.8. The molecule has 0 unspecified atom stereocenters. The third-order valence-electron chi connectivity index (χ3n) is 9.70. The monoisotopic (exact) mass is 681 g/mol. The molecular formula is C36H55N7O6. The van der Waals surface area contributed by atoms with Crippen molar-refractivity contribution in [2.75, 3.05) is 27.2 Å². The molecule has 5 amide bonds. The summed E-state index contributed by atoms with van der Waals surface area (Å²) in [5.41, 5.74) is 1.42. The molecule has 4 N–H and O–H groups in total. The van der Waals surface area contributed by atoms with Gasteiger partial charge in [0.15, 0.2) is 6.10 Å². The molecule has 4 rings (SSSR count). The Morgan fingerprint density at radius 2 is 1.73 bits per heavy atom. The lowest BCUT2D eigenvalue weighted by Gasteiger charge is -2.35. The Morgan fingerprint density at radius 1 is 1.02 bits per heavy atom. The molecule has 270 valence electrons. The molecule has 49 heavy (non-hydrogen) atoms. The highest BCUT2D eigenvalue weighted by Crippen LogP contribution is 2.29. The maximum Gasteiger partial charge on any atom is 0.429 e. The van der Waals surface area contributed by atoms with E-state index in [4.69, 9.17) is 4.74 Å². The number of nitrogens with zero attached hydrogens (tertiary/aromatic N) is 4. The lowest BCUT2D eigenvalue weighted by atomic mass is 9.83. The number of imidazole rings is 1. The number of H-pyrrole nitrogens is 1. The normalized spacial score (nSPS) is 17.7. The van der Waals surface area contributed by atoms with Crippen molar-refractivity contribution in [3.63, 3.8) is 0 Å². The van der Waals surface area contributed by atoms with Crippen molar-refractivity contribution in [3.8, 4) is 0 Å². The van der Waals surface area contributed by atoms with Crippen LogP contribution in [0, 0.1) is 11.8 Å². The lowest BCUT2D eigenvalue weighted by molar-refractivity contribution is -0.147. The second kappa shape index (κ2) is 18.6. The maximum absolute atomic E-state index is 14.3. The third-order valence-corrected chi connectivity index (χ3v) is 9.70. The number of aliphatic hydroxyl groups is 1. The molecular weight excluding hydrogens is 626 g/mol. The zero-order valence-corrected chi connectivity index (χ0v) is 29.5. The number of hydrogen-bond donors (Lipinski definition) is 4. The number of hydrogen-bond acceptors (Lipinski definition) is 7. The van der Waals surface area contributed by atoms with Crippen molar-refractivity contribution >= 4 is 23.9 Å². The molecule has 4 atom stereocenters. The molecule has 1 aromatic heterocycles. The first-order valence-electron chi connectivity index (χ1n) is 17.8. The van der Waals surface area contributed by atoms with E-state index < -0.39 is 48.2 Å². The van der Waals surface area contributed by atoms with Crippen LogP contribution in [-0.2, 0) is 27.2 Å². The van der Waals surface area contributed by atoms with Crippen molar-refractivity contribution in [1.82, 2.24) is 35.5 Å². The minimum atomic E-state index is -1.28. The number of rotatable bonds is 15. The second-order valence-corrected chi connectivity index (χ2v) is 13.9. The van der Waals surface area contributed by atoms with Gasteiger partial charge >= 0.3 is 12.1 Å². The number of carbonyl (C=O) groups is 4. The van der Waals surface area contributed by atoms with E-state index >= 15 is 0 Å². The second-order valence-electron chi connectivity index (χ2n) is 13.9. The van der Waals surface area contributed by atoms with Crippen molar-refractivity contribution in [1.29, 1.82) is 0 Å². The molecule has 13 nitrogen and oxygen atoms in total. The van der Waals surface area contributed by atoms with Crippen molar-refractivity contribution in [2.24, 2.45) is 11.8 Å². The molecule has 0 spiro atoms. The summed E-state index contributed by atoms with van der Waals surface area (Å²) in [4.78, 5) is 63.0. The third kappa shape index (κ3) is 10.9. The molecule has 0 radical (unpaired) electrons. The van der Waals surface area contributed by atoms with Crippen molar-refractivity contribution in [2.45, 2.75) is 109 Å². The number of aliphatic hydroxyl groups excluding tert-OH is 1. The number of aromatic amines is 1. The summed E-state index contributed by atoms with van der Waals surface area (Å²) in [6.07, 6.45) is 8.77. The number of nitrogens with one attached hydrogen (secondary N) is 3. The fourth-order valence-electron chi connectivity index (χ4n) is 6.80. The minimum absolute atomic E-state index is 0.0696. The number of amides is 5. The highest BCUT2D eigenvalue weighted by molar-refractivity contribution is 5.91. The van der Waals surface area contributed by atoms with Crippen LogP contribution in [0.5, 0.6) is 0 Å². The van der Waals surface area contributed by atoms with E-state index in [0.717, 1.165) is 37.7 Å². The van der Waals surface area contributed by atoms with Gasteiger partial charge in [-0.05, 0) is 43.1 Å². The van der Waals surface area contributed by atoms with Gasteiger partial charge in [-0.15, -0.1) is 0 Å². The van der Waals surface area contributed by atoms with E-state index in [1.165, 1.54) is 41.8 Å². The molecule has 13 heteroatoms. The van der Waals surface area contributed by atoms with Crippen LogP contribution in [-0.4, -0.2) is 105 Å². The SMILES string of the molecule is CNC(=O)N1CCCN1C(=O)O[C@@H](Cc1ccccc1)C(=O)N(C)[C@@H](Cc1cnc[nH]1)C(=O)N[C@@H](CC1CCCCC1)[C@@H](O)CCC(C)C. The van der Waals surface area contributed by atoms with Crippen LogP contribution < -0.4 is 10.6 Å². The number of carbonyl (C=O) groups excluding carboxylic acids is 4. The van der Waals surface area contributed by atoms with Gasteiger partial charge in [-0.2, -0.15) is 0 Å². The van der Waals surface area contributed by atoms with Crippen LogP contribution in [0.2, 0.25) is 0 Å². The molecule has 2 aliphatic rings. The van der Waals surface area contributed by atoms with Crippen LogP contribution in [0.1, 0.15) is 82.9 Å². The average Bonchev–Trinajstić information content (AvgIpc) is 3.82. The summed E-state index contributed by atoms with van der Waals surface area (Å²) < 4.78 is 5.87. The number of ether oxygens (including phenoxy) is 1.